The van der Waals surface area contributed by atoms with Crippen LogP contribution in [0.25, 0.3) is 0 Å². The lowest BCUT2D eigenvalue weighted by molar-refractivity contribution is -0.136. The third-order valence-electron chi connectivity index (χ3n) is 6.23. The molecule has 2 unspecified atom stereocenters. The summed E-state index contributed by atoms with van der Waals surface area (Å²) in [5.74, 6) is 0.191. The number of allylic oxidation sites excluding steroid dienone is 1. The van der Waals surface area contributed by atoms with Gasteiger partial charge in [-0.3, -0.25) is 9.59 Å². The van der Waals surface area contributed by atoms with Gasteiger partial charge in [0.1, 0.15) is 11.6 Å². The minimum Gasteiger partial charge on any atom is -0.481 e. The van der Waals surface area contributed by atoms with Crippen molar-refractivity contribution in [2.45, 2.75) is 46.6 Å². The van der Waals surface area contributed by atoms with E-state index in [2.05, 4.69) is 24.5 Å². The summed E-state index contributed by atoms with van der Waals surface area (Å²) >= 11 is 0. The smallest absolute Gasteiger partial charge is 0.305 e. The third kappa shape index (κ3) is 6.31. The lowest BCUT2D eigenvalue weighted by Gasteiger charge is -2.36. The van der Waals surface area contributed by atoms with Crippen molar-refractivity contribution in [3.05, 3.63) is 82.4 Å². The van der Waals surface area contributed by atoms with Crippen LogP contribution in [0.1, 0.15) is 68.1 Å². The second-order valence-electron chi connectivity index (χ2n) is 8.93. The number of carbonyl (C=O) groups excluding carboxylic acids is 1. The molecular formula is C27H32FN3O3. The zero-order valence-corrected chi connectivity index (χ0v) is 20.1. The highest BCUT2D eigenvalue weighted by Gasteiger charge is 2.32. The number of carboxylic acids is 1. The van der Waals surface area contributed by atoms with Gasteiger partial charge in [0.25, 0.3) is 5.91 Å². The van der Waals surface area contributed by atoms with Gasteiger partial charge in [0.05, 0.1) is 6.42 Å². The van der Waals surface area contributed by atoms with E-state index in [-0.39, 0.29) is 30.7 Å². The number of benzene rings is 2. The van der Waals surface area contributed by atoms with Crippen LogP contribution in [-0.4, -0.2) is 29.2 Å². The molecule has 6 nitrogen and oxygen atoms in total. The van der Waals surface area contributed by atoms with Crippen molar-refractivity contribution in [3.63, 3.8) is 0 Å². The molecule has 7 heteroatoms. The maximum absolute atomic E-state index is 13.3. The van der Waals surface area contributed by atoms with Gasteiger partial charge in [-0.1, -0.05) is 38.1 Å². The maximum Gasteiger partial charge on any atom is 0.305 e. The summed E-state index contributed by atoms with van der Waals surface area (Å²) in [4.78, 5) is 27.7. The number of carbonyl (C=O) groups is 2. The van der Waals surface area contributed by atoms with Crippen LogP contribution in [0, 0.1) is 17.7 Å². The fourth-order valence-electron chi connectivity index (χ4n) is 4.28. The van der Waals surface area contributed by atoms with E-state index in [1.54, 1.807) is 24.3 Å². The molecule has 3 N–H and O–H groups in total. The molecule has 34 heavy (non-hydrogen) atoms. The highest BCUT2D eigenvalue weighted by atomic mass is 19.1. The molecule has 0 spiro atoms. The molecule has 2 aromatic carbocycles. The minimum absolute atomic E-state index is 0.0589. The zero-order valence-electron chi connectivity index (χ0n) is 20.1. The Kier molecular flexibility index (Phi) is 8.21. The molecule has 1 aliphatic carbocycles. The molecule has 1 amide bonds. The van der Waals surface area contributed by atoms with Gasteiger partial charge in [-0.2, -0.15) is 0 Å². The predicted molar refractivity (Wildman–Crippen MR) is 131 cm³/mol. The van der Waals surface area contributed by atoms with E-state index >= 15 is 0 Å². The Hall–Kier alpha value is -3.48. The summed E-state index contributed by atoms with van der Waals surface area (Å²) in [7, 11) is 0. The molecule has 0 aromatic heterocycles. The van der Waals surface area contributed by atoms with E-state index in [0.717, 1.165) is 29.1 Å². The van der Waals surface area contributed by atoms with Crippen LogP contribution in [0.3, 0.4) is 0 Å². The molecule has 0 radical (unpaired) electrons. The molecule has 2 aromatic rings. The lowest BCUT2D eigenvalue weighted by atomic mass is 9.71. The molecular weight excluding hydrogens is 433 g/mol. The second kappa shape index (κ2) is 11.1. The van der Waals surface area contributed by atoms with Gasteiger partial charge in [0.15, 0.2) is 0 Å². The normalized spacial score (nSPS) is 18.6. The summed E-state index contributed by atoms with van der Waals surface area (Å²) in [6, 6.07) is 13.5. The number of amides is 1. The van der Waals surface area contributed by atoms with Gasteiger partial charge in [0.2, 0.25) is 0 Å². The van der Waals surface area contributed by atoms with E-state index < -0.39 is 5.97 Å². The summed E-state index contributed by atoms with van der Waals surface area (Å²) in [6.07, 6.45) is 1.00. The largest absolute Gasteiger partial charge is 0.481 e. The fraction of sp³-hybridized carbons (Fsp3) is 0.370. The van der Waals surface area contributed by atoms with Gasteiger partial charge in [-0.15, -0.1) is 0 Å². The molecule has 0 aliphatic heterocycles. The van der Waals surface area contributed by atoms with Crippen LogP contribution < -0.4 is 10.6 Å². The molecule has 1 saturated carbocycles. The monoisotopic (exact) mass is 465 g/mol. The van der Waals surface area contributed by atoms with E-state index in [0.29, 0.717) is 17.4 Å². The highest BCUT2D eigenvalue weighted by Crippen LogP contribution is 2.41. The number of nitrogens with zero attached hydrogens (tertiary/aromatic N) is 1. The molecule has 3 atom stereocenters. The van der Waals surface area contributed by atoms with E-state index in [1.807, 2.05) is 26.0 Å². The first-order valence-corrected chi connectivity index (χ1v) is 11.6. The van der Waals surface area contributed by atoms with Crippen molar-refractivity contribution >= 4 is 17.6 Å². The predicted octanol–water partition coefficient (Wildman–Crippen LogP) is 5.08. The molecule has 1 aliphatic rings. The Balaban J connectivity index is 1.77. The number of nitrogens with one attached hydrogen (secondary N) is 2. The lowest BCUT2D eigenvalue weighted by Crippen LogP contribution is -2.30. The summed E-state index contributed by atoms with van der Waals surface area (Å²) in [5.41, 5.74) is 4.43. The van der Waals surface area contributed by atoms with Gasteiger partial charge in [-0.05, 0) is 73.1 Å². The van der Waals surface area contributed by atoms with Crippen LogP contribution in [0.2, 0.25) is 0 Å². The van der Waals surface area contributed by atoms with Crippen molar-refractivity contribution in [1.29, 1.82) is 0 Å². The quantitative estimate of drug-likeness (QED) is 0.451. The van der Waals surface area contributed by atoms with Gasteiger partial charge in [-0.25, -0.2) is 9.38 Å². The van der Waals surface area contributed by atoms with Crippen LogP contribution in [0.5, 0.6) is 0 Å². The van der Waals surface area contributed by atoms with Crippen LogP contribution in [0.4, 0.5) is 4.39 Å². The summed E-state index contributed by atoms with van der Waals surface area (Å²) < 4.78 is 13.3. The number of hydrogen-bond donors (Lipinski definition) is 3. The van der Waals surface area contributed by atoms with Crippen LogP contribution >= 0.6 is 0 Å². The third-order valence-corrected chi connectivity index (χ3v) is 6.23. The number of aliphatic imine (C=N–C) groups is 1. The minimum atomic E-state index is -0.951. The fourth-order valence-corrected chi connectivity index (χ4v) is 4.28. The number of halogens is 1. The van der Waals surface area contributed by atoms with Crippen molar-refractivity contribution < 1.29 is 19.1 Å². The number of aliphatic carboxylic acids is 1. The number of hydrogen-bond acceptors (Lipinski definition) is 4. The Bertz CT molecular complexity index is 1080. The molecule has 1 fully saturated rings. The van der Waals surface area contributed by atoms with Crippen LogP contribution in [-0.2, 0) is 4.79 Å². The standard InChI is InChI=1S/C27H32FN3O3/c1-16-15-17(2)25(16)26(31-19(4)21-9-11-23(28)12-10-21)30-18(3)20-5-7-22(8-6-20)27(34)29-14-13-24(32)33/h5-12,16-18,30H,13-15H2,1-4H3,(H,29,34)(H,32,33)/t16?,17?,18-/m1/s1. The first-order valence-electron chi connectivity index (χ1n) is 11.6. The Morgan fingerprint density at radius 1 is 1.06 bits per heavy atom. The molecule has 3 rings (SSSR count). The maximum atomic E-state index is 13.3. The van der Waals surface area contributed by atoms with Gasteiger partial charge < -0.3 is 15.7 Å². The molecule has 0 saturated heterocycles. The van der Waals surface area contributed by atoms with Gasteiger partial charge in [0, 0.05) is 23.9 Å². The Labute approximate surface area is 200 Å². The SMILES string of the molecule is CC(=NC(N[C@H](C)c1ccc(C(=O)NCCC(=O)O)cc1)=C1C(C)CC1C)c1ccc(F)cc1. The van der Waals surface area contributed by atoms with Crippen molar-refractivity contribution in [2.24, 2.45) is 16.8 Å². The van der Waals surface area contributed by atoms with Crippen molar-refractivity contribution in [2.75, 3.05) is 6.54 Å². The first kappa shape index (κ1) is 25.1. The van der Waals surface area contributed by atoms with Crippen molar-refractivity contribution in [1.82, 2.24) is 10.6 Å². The Morgan fingerprint density at radius 2 is 1.65 bits per heavy atom. The van der Waals surface area contributed by atoms with E-state index in [4.69, 9.17) is 10.1 Å². The van der Waals surface area contributed by atoms with E-state index in [1.165, 1.54) is 17.7 Å². The summed E-state index contributed by atoms with van der Waals surface area (Å²) in [6.45, 7) is 8.45. The molecule has 0 heterocycles. The average molecular weight is 466 g/mol. The zero-order chi connectivity index (χ0) is 24.8. The van der Waals surface area contributed by atoms with Crippen molar-refractivity contribution in [3.8, 4) is 0 Å². The molecule has 180 valence electrons. The Morgan fingerprint density at radius 3 is 2.21 bits per heavy atom. The molecule has 0 bridgehead atoms. The summed E-state index contributed by atoms with van der Waals surface area (Å²) in [5, 5.41) is 14.9. The number of carboxylic acid groups (broad SMARTS) is 1. The second-order valence-corrected chi connectivity index (χ2v) is 8.93. The van der Waals surface area contributed by atoms with E-state index in [9.17, 15) is 14.0 Å². The average Bonchev–Trinajstić information content (AvgIpc) is 2.79. The highest BCUT2D eigenvalue weighted by molar-refractivity contribution is 5.99. The first-order chi connectivity index (χ1) is 16.2. The topological polar surface area (TPSA) is 90.8 Å². The number of rotatable bonds is 9. The van der Waals surface area contributed by atoms with Gasteiger partial charge >= 0.3 is 5.97 Å². The van der Waals surface area contributed by atoms with Crippen LogP contribution in [0.15, 0.2) is 64.9 Å².